The number of nitrogens with two attached hydrogens (primary N) is 1. The van der Waals surface area contributed by atoms with Crippen molar-refractivity contribution in [1.29, 1.82) is 0 Å². The van der Waals surface area contributed by atoms with Gasteiger partial charge in [0.1, 0.15) is 6.10 Å². The van der Waals surface area contributed by atoms with E-state index in [-0.39, 0.29) is 30.1 Å². The number of piperazine rings is 1. The summed E-state index contributed by atoms with van der Waals surface area (Å²) in [5, 5.41) is 0. The Labute approximate surface area is 144 Å². The summed E-state index contributed by atoms with van der Waals surface area (Å²) in [6.45, 7) is 7.09. The third-order valence-corrected chi connectivity index (χ3v) is 5.59. The molecule has 136 valence electrons. The van der Waals surface area contributed by atoms with Crippen LogP contribution >= 0.6 is 0 Å². The van der Waals surface area contributed by atoms with Gasteiger partial charge < -0.3 is 20.3 Å². The minimum absolute atomic E-state index is 0.0262. The van der Waals surface area contributed by atoms with Crippen molar-refractivity contribution in [2.24, 2.45) is 5.73 Å². The van der Waals surface area contributed by atoms with Crippen molar-refractivity contribution in [3.63, 3.8) is 0 Å². The molecule has 1 unspecified atom stereocenters. The molecule has 3 fully saturated rings. The molecule has 0 radical (unpaired) electrons. The van der Waals surface area contributed by atoms with Crippen LogP contribution in [0.25, 0.3) is 0 Å². The first-order valence-corrected chi connectivity index (χ1v) is 9.27. The highest BCUT2D eigenvalue weighted by Gasteiger charge is 2.36. The number of carbonyl (C=O) groups is 2. The number of carbonyl (C=O) groups excluding carboxylic acids is 2. The first kappa shape index (κ1) is 17.6. The molecule has 3 aliphatic heterocycles. The molecule has 0 spiro atoms. The van der Waals surface area contributed by atoms with Crippen LogP contribution in [0.4, 0.5) is 0 Å². The lowest BCUT2D eigenvalue weighted by molar-refractivity contribution is -0.145. The van der Waals surface area contributed by atoms with Gasteiger partial charge in [0.2, 0.25) is 5.91 Å². The van der Waals surface area contributed by atoms with Crippen molar-refractivity contribution in [3.8, 4) is 0 Å². The van der Waals surface area contributed by atoms with E-state index in [2.05, 4.69) is 4.90 Å². The van der Waals surface area contributed by atoms with E-state index in [1.807, 2.05) is 16.7 Å². The molecule has 7 heteroatoms. The van der Waals surface area contributed by atoms with Gasteiger partial charge in [0.25, 0.3) is 5.91 Å². The second-order valence-electron chi connectivity index (χ2n) is 7.13. The maximum Gasteiger partial charge on any atom is 0.251 e. The van der Waals surface area contributed by atoms with E-state index >= 15 is 0 Å². The second kappa shape index (κ2) is 7.80. The van der Waals surface area contributed by atoms with Crippen molar-refractivity contribution in [2.45, 2.75) is 50.9 Å². The average molecular weight is 338 g/mol. The van der Waals surface area contributed by atoms with Gasteiger partial charge in [-0.2, -0.15) is 0 Å². The van der Waals surface area contributed by atoms with Gasteiger partial charge in [-0.1, -0.05) is 0 Å². The lowest BCUT2D eigenvalue weighted by Gasteiger charge is -2.39. The molecule has 3 atom stereocenters. The number of rotatable bonds is 4. The predicted molar refractivity (Wildman–Crippen MR) is 90.4 cm³/mol. The van der Waals surface area contributed by atoms with Gasteiger partial charge in [-0.05, 0) is 32.6 Å². The van der Waals surface area contributed by atoms with Crippen LogP contribution in [0.2, 0.25) is 0 Å². The van der Waals surface area contributed by atoms with Crippen LogP contribution in [-0.4, -0.2) is 90.6 Å². The molecule has 0 saturated carbocycles. The Hall–Kier alpha value is -1.18. The van der Waals surface area contributed by atoms with Crippen molar-refractivity contribution in [2.75, 3.05) is 45.8 Å². The molecule has 7 nitrogen and oxygen atoms in total. The normalized spacial score (nSPS) is 29.9. The van der Waals surface area contributed by atoms with E-state index in [9.17, 15) is 9.59 Å². The van der Waals surface area contributed by atoms with Gasteiger partial charge in [0.05, 0.1) is 12.1 Å². The molecular weight excluding hydrogens is 308 g/mol. The Morgan fingerprint density at radius 2 is 1.71 bits per heavy atom. The Morgan fingerprint density at radius 1 is 1.04 bits per heavy atom. The molecule has 2 N–H and O–H groups in total. The molecule has 0 aromatic heterocycles. The summed E-state index contributed by atoms with van der Waals surface area (Å²) >= 11 is 0. The largest absolute Gasteiger partial charge is 0.364 e. The van der Waals surface area contributed by atoms with Crippen LogP contribution in [0.3, 0.4) is 0 Å². The van der Waals surface area contributed by atoms with Crippen LogP contribution in [0.5, 0.6) is 0 Å². The predicted octanol–water partition coefficient (Wildman–Crippen LogP) is -0.352. The number of ether oxygens (including phenoxy) is 1. The van der Waals surface area contributed by atoms with Crippen LogP contribution in [-0.2, 0) is 14.3 Å². The van der Waals surface area contributed by atoms with E-state index in [4.69, 9.17) is 10.5 Å². The number of hydrogen-bond acceptors (Lipinski definition) is 5. The zero-order valence-corrected chi connectivity index (χ0v) is 14.7. The summed E-state index contributed by atoms with van der Waals surface area (Å²) in [6, 6.07) is -0.0929. The van der Waals surface area contributed by atoms with Crippen molar-refractivity contribution in [1.82, 2.24) is 14.7 Å². The summed E-state index contributed by atoms with van der Waals surface area (Å²) in [6.07, 6.45) is 3.57. The maximum atomic E-state index is 12.5. The zero-order chi connectivity index (χ0) is 17.1. The monoisotopic (exact) mass is 338 g/mol. The summed E-state index contributed by atoms with van der Waals surface area (Å²) < 4.78 is 5.72. The van der Waals surface area contributed by atoms with E-state index < -0.39 is 0 Å². The van der Waals surface area contributed by atoms with E-state index in [0.717, 1.165) is 51.9 Å². The Balaban J connectivity index is 1.46. The quantitative estimate of drug-likeness (QED) is 0.758. The van der Waals surface area contributed by atoms with Gasteiger partial charge in [-0.3, -0.25) is 14.5 Å². The van der Waals surface area contributed by atoms with E-state index in [1.165, 1.54) is 0 Å². The third-order valence-electron chi connectivity index (χ3n) is 5.59. The van der Waals surface area contributed by atoms with Gasteiger partial charge in [-0.15, -0.1) is 0 Å². The van der Waals surface area contributed by atoms with Crippen LogP contribution < -0.4 is 5.73 Å². The summed E-state index contributed by atoms with van der Waals surface area (Å²) in [5.41, 5.74) is 5.61. The topological polar surface area (TPSA) is 79.1 Å². The highest BCUT2D eigenvalue weighted by molar-refractivity contribution is 5.82. The molecule has 0 bridgehead atoms. The van der Waals surface area contributed by atoms with Crippen LogP contribution in [0, 0.1) is 0 Å². The molecule has 24 heavy (non-hydrogen) atoms. The lowest BCUT2D eigenvalue weighted by atomic mass is 10.1. The SMILES string of the molecule is CC(C(=O)N1CCCC1)N1CCN(C(=O)[C@@H]2CC[C@H](CN)O2)CC1. The zero-order valence-electron chi connectivity index (χ0n) is 14.7. The number of amides is 2. The molecule has 0 aromatic carbocycles. The molecule has 3 saturated heterocycles. The van der Waals surface area contributed by atoms with Crippen molar-refractivity contribution >= 4 is 11.8 Å². The minimum atomic E-state index is -0.325. The highest BCUT2D eigenvalue weighted by Crippen LogP contribution is 2.22. The molecular formula is C17H30N4O3. The average Bonchev–Trinajstić information content (AvgIpc) is 3.31. The van der Waals surface area contributed by atoms with E-state index in [1.54, 1.807) is 0 Å². The molecule has 0 aromatic rings. The van der Waals surface area contributed by atoms with E-state index in [0.29, 0.717) is 19.6 Å². The second-order valence-corrected chi connectivity index (χ2v) is 7.13. The van der Waals surface area contributed by atoms with Gasteiger partial charge in [0, 0.05) is 45.8 Å². The van der Waals surface area contributed by atoms with Crippen molar-refractivity contribution < 1.29 is 14.3 Å². The fourth-order valence-electron chi connectivity index (χ4n) is 3.95. The number of hydrogen-bond donors (Lipinski definition) is 1. The Bertz CT molecular complexity index is 459. The first-order valence-electron chi connectivity index (χ1n) is 9.27. The first-order chi connectivity index (χ1) is 11.6. The van der Waals surface area contributed by atoms with Gasteiger partial charge in [0.15, 0.2) is 0 Å². The van der Waals surface area contributed by atoms with Crippen LogP contribution in [0.15, 0.2) is 0 Å². The smallest absolute Gasteiger partial charge is 0.251 e. The molecule has 3 aliphatic rings. The summed E-state index contributed by atoms with van der Waals surface area (Å²) in [7, 11) is 0. The third kappa shape index (κ3) is 3.73. The van der Waals surface area contributed by atoms with Crippen molar-refractivity contribution in [3.05, 3.63) is 0 Å². The lowest BCUT2D eigenvalue weighted by Crippen LogP contribution is -2.56. The van der Waals surface area contributed by atoms with Gasteiger partial charge >= 0.3 is 0 Å². The Kier molecular flexibility index (Phi) is 5.73. The maximum absolute atomic E-state index is 12.5. The van der Waals surface area contributed by atoms with Crippen LogP contribution in [0.1, 0.15) is 32.6 Å². The molecule has 3 rings (SSSR count). The Morgan fingerprint density at radius 3 is 2.29 bits per heavy atom. The summed E-state index contributed by atoms with van der Waals surface area (Å²) in [5.74, 6) is 0.321. The number of nitrogens with zero attached hydrogens (tertiary/aromatic N) is 3. The fourth-order valence-corrected chi connectivity index (χ4v) is 3.95. The minimum Gasteiger partial charge on any atom is -0.364 e. The molecule has 2 amide bonds. The fraction of sp³-hybridized carbons (Fsp3) is 0.882. The standard InChI is InChI=1S/C17H30N4O3/c1-13(16(22)20-6-2-3-7-20)19-8-10-21(11-9-19)17(23)15-5-4-14(12-18)24-15/h13-15H,2-12,18H2,1H3/t13?,14-,15+/m1/s1. The molecule has 3 heterocycles. The molecule has 0 aliphatic carbocycles. The van der Waals surface area contributed by atoms with Gasteiger partial charge in [-0.25, -0.2) is 0 Å². The number of likely N-dealkylation sites (tertiary alicyclic amines) is 1. The highest BCUT2D eigenvalue weighted by atomic mass is 16.5. The summed E-state index contributed by atoms with van der Waals surface area (Å²) in [4.78, 5) is 31.1.